The van der Waals surface area contributed by atoms with Crippen LogP contribution in [0.3, 0.4) is 0 Å². The van der Waals surface area contributed by atoms with Crippen LogP contribution >= 0.6 is 23.8 Å². The van der Waals surface area contributed by atoms with Crippen molar-refractivity contribution in [2.75, 3.05) is 13.6 Å². The van der Waals surface area contributed by atoms with Gasteiger partial charge in [0.05, 0.1) is 16.1 Å². The molecular formula is C19H23ClN2O3S. The molecular weight excluding hydrogens is 372 g/mol. The minimum atomic E-state index is -0.276. The Hall–Kier alpha value is -2.15. The molecule has 0 fully saturated rings. The number of benzene rings is 2. The third-order valence-corrected chi connectivity index (χ3v) is 3.98. The second-order valence-electron chi connectivity index (χ2n) is 5.60. The molecule has 0 saturated heterocycles. The molecule has 140 valence electrons. The van der Waals surface area contributed by atoms with Gasteiger partial charge >= 0.3 is 0 Å². The number of halogens is 1. The first-order valence-corrected chi connectivity index (χ1v) is 8.86. The zero-order chi connectivity index (χ0) is 19.5. The monoisotopic (exact) mass is 394 g/mol. The maximum atomic E-state index is 10.2. The first-order chi connectivity index (χ1) is 12.4. The normalized spacial score (nSPS) is 12.0. The van der Waals surface area contributed by atoms with Gasteiger partial charge in [-0.2, -0.15) is 0 Å². The van der Waals surface area contributed by atoms with Crippen molar-refractivity contribution in [1.29, 1.82) is 0 Å². The third kappa shape index (κ3) is 7.00. The highest BCUT2D eigenvalue weighted by Crippen LogP contribution is 2.29. The van der Waals surface area contributed by atoms with Crippen LogP contribution in [0.4, 0.5) is 0 Å². The van der Waals surface area contributed by atoms with Crippen LogP contribution in [-0.2, 0) is 13.1 Å². The van der Waals surface area contributed by atoms with Crippen molar-refractivity contribution in [3.05, 3.63) is 58.1 Å². The minimum Gasteiger partial charge on any atom is -0.507 e. The van der Waals surface area contributed by atoms with Crippen LogP contribution in [0.5, 0.6) is 11.5 Å². The number of phenols is 2. The molecule has 0 bridgehead atoms. The number of carbonyl (C=O) groups is 1. The van der Waals surface area contributed by atoms with Gasteiger partial charge in [-0.1, -0.05) is 48.1 Å². The van der Waals surface area contributed by atoms with Gasteiger partial charge in [-0.25, -0.2) is 0 Å². The molecule has 1 aliphatic rings. The Kier molecular flexibility index (Phi) is 9.65. The van der Waals surface area contributed by atoms with E-state index in [4.69, 9.17) is 21.8 Å². The first kappa shape index (κ1) is 21.9. The molecule has 0 amide bonds. The Morgan fingerprint density at radius 1 is 1.19 bits per heavy atom. The fourth-order valence-electron chi connectivity index (χ4n) is 2.25. The topological polar surface area (TPSA) is 72.8 Å². The molecule has 0 radical (unpaired) electrons. The molecule has 1 heterocycles. The summed E-state index contributed by atoms with van der Waals surface area (Å²) in [5.74, 6) is -0.517. The molecule has 3 N–H and O–H groups in total. The van der Waals surface area contributed by atoms with Gasteiger partial charge in [-0.3, -0.25) is 9.69 Å². The Labute approximate surface area is 164 Å². The van der Waals surface area contributed by atoms with E-state index in [1.165, 1.54) is 22.7 Å². The summed E-state index contributed by atoms with van der Waals surface area (Å²) in [6.45, 7) is 5.18. The van der Waals surface area contributed by atoms with Crippen LogP contribution in [0.25, 0.3) is 0 Å². The van der Waals surface area contributed by atoms with Gasteiger partial charge in [0.15, 0.2) is 6.29 Å². The molecule has 26 heavy (non-hydrogen) atoms. The highest BCUT2D eigenvalue weighted by atomic mass is 35.5. The van der Waals surface area contributed by atoms with Gasteiger partial charge in [-0.05, 0) is 31.2 Å². The number of hydrogen-bond acceptors (Lipinski definition) is 5. The minimum absolute atomic E-state index is 0.0462. The van der Waals surface area contributed by atoms with E-state index in [0.29, 0.717) is 6.29 Å². The van der Waals surface area contributed by atoms with Crippen LogP contribution in [0, 0.1) is 0 Å². The van der Waals surface area contributed by atoms with Crippen molar-refractivity contribution in [1.82, 2.24) is 10.2 Å². The van der Waals surface area contributed by atoms with Crippen molar-refractivity contribution in [3.63, 3.8) is 0 Å². The summed E-state index contributed by atoms with van der Waals surface area (Å²) in [7, 11) is 2.15. The predicted octanol–water partition coefficient (Wildman–Crippen LogP) is 3.75. The van der Waals surface area contributed by atoms with E-state index in [1.807, 2.05) is 6.92 Å². The second kappa shape index (κ2) is 11.5. The fraction of sp³-hybridized carbons (Fsp3) is 0.263. The van der Waals surface area contributed by atoms with E-state index in [-0.39, 0.29) is 22.1 Å². The van der Waals surface area contributed by atoms with Gasteiger partial charge < -0.3 is 15.5 Å². The number of fused-ring (bicyclic) bond motifs is 1. The summed E-state index contributed by atoms with van der Waals surface area (Å²) in [4.78, 5) is 12.5. The van der Waals surface area contributed by atoms with Crippen molar-refractivity contribution in [2.24, 2.45) is 0 Å². The van der Waals surface area contributed by atoms with E-state index in [2.05, 4.69) is 53.7 Å². The standard InChI is InChI=1S/C9H11N.C7H5ClO3.C3H7NS/c1-10-6-8-4-2-3-5-9(8)7-10;8-5-1-4(3-9)6(10)2-7(5)11;1-2-4-3-5/h2-5H,6-7H2,1H3;1-3,10-11H;3H,2H2,1H3,(H,4,5). The SMILES string of the molecule is CCNC=S.CN1Cc2ccccc2C1.O=Cc1cc(Cl)c(O)cc1O. The van der Waals surface area contributed by atoms with Crippen LogP contribution in [0.15, 0.2) is 36.4 Å². The lowest BCUT2D eigenvalue weighted by molar-refractivity contribution is 0.112. The molecule has 5 nitrogen and oxygen atoms in total. The van der Waals surface area contributed by atoms with Crippen molar-refractivity contribution < 1.29 is 15.0 Å². The molecule has 2 aromatic carbocycles. The summed E-state index contributed by atoms with van der Waals surface area (Å²) >= 11 is 9.86. The Bertz CT molecular complexity index is 716. The molecule has 0 atom stereocenters. The highest BCUT2D eigenvalue weighted by molar-refractivity contribution is 7.78. The van der Waals surface area contributed by atoms with E-state index in [1.54, 1.807) is 0 Å². The third-order valence-electron chi connectivity index (χ3n) is 3.51. The summed E-state index contributed by atoms with van der Waals surface area (Å²) in [5, 5.41) is 20.7. The lowest BCUT2D eigenvalue weighted by Crippen LogP contribution is -2.07. The van der Waals surface area contributed by atoms with Gasteiger partial charge in [0.2, 0.25) is 0 Å². The Morgan fingerprint density at radius 2 is 1.77 bits per heavy atom. The molecule has 2 aromatic rings. The maximum Gasteiger partial charge on any atom is 0.153 e. The number of carbonyl (C=O) groups excluding carboxylic acids is 1. The summed E-state index contributed by atoms with van der Waals surface area (Å²) < 4.78 is 0. The average Bonchev–Trinajstić information content (AvgIpc) is 3.00. The summed E-state index contributed by atoms with van der Waals surface area (Å²) in [6, 6.07) is 10.8. The van der Waals surface area contributed by atoms with Gasteiger partial charge in [-0.15, -0.1) is 0 Å². The molecule has 7 heteroatoms. The first-order valence-electron chi connectivity index (χ1n) is 8.01. The molecule has 0 aliphatic carbocycles. The lowest BCUT2D eigenvalue weighted by atomic mass is 10.1. The average molecular weight is 395 g/mol. The summed E-state index contributed by atoms with van der Waals surface area (Å²) in [6.07, 6.45) is 0.459. The van der Waals surface area contributed by atoms with Crippen LogP contribution in [-0.4, -0.2) is 40.5 Å². The van der Waals surface area contributed by atoms with Gasteiger partial charge in [0.1, 0.15) is 11.5 Å². The number of hydrogen-bond donors (Lipinski definition) is 3. The number of nitrogens with zero attached hydrogens (tertiary/aromatic N) is 1. The smallest absolute Gasteiger partial charge is 0.153 e. The lowest BCUT2D eigenvalue weighted by Gasteiger charge is -2.02. The fourth-order valence-corrected chi connectivity index (χ4v) is 2.59. The number of aromatic hydroxyl groups is 2. The van der Waals surface area contributed by atoms with Gasteiger partial charge in [0.25, 0.3) is 0 Å². The maximum absolute atomic E-state index is 10.2. The molecule has 0 saturated carbocycles. The zero-order valence-electron chi connectivity index (χ0n) is 14.8. The van der Waals surface area contributed by atoms with Crippen molar-refractivity contribution >= 4 is 35.6 Å². The largest absolute Gasteiger partial charge is 0.507 e. The number of nitrogens with one attached hydrogen (secondary N) is 1. The number of phenolic OH excluding ortho intramolecular Hbond substituents is 2. The quantitative estimate of drug-likeness (QED) is 0.544. The van der Waals surface area contributed by atoms with E-state index in [0.717, 1.165) is 25.7 Å². The predicted molar refractivity (Wildman–Crippen MR) is 109 cm³/mol. The number of thiocarbonyl (C=S) groups is 1. The van der Waals surface area contributed by atoms with Crippen LogP contribution < -0.4 is 5.32 Å². The van der Waals surface area contributed by atoms with E-state index < -0.39 is 0 Å². The van der Waals surface area contributed by atoms with Crippen LogP contribution in [0.1, 0.15) is 28.4 Å². The van der Waals surface area contributed by atoms with Gasteiger partial charge in [0, 0.05) is 25.7 Å². The van der Waals surface area contributed by atoms with E-state index in [9.17, 15) is 4.79 Å². The Morgan fingerprint density at radius 3 is 2.19 bits per heavy atom. The van der Waals surface area contributed by atoms with Crippen molar-refractivity contribution in [2.45, 2.75) is 20.0 Å². The zero-order valence-corrected chi connectivity index (χ0v) is 16.3. The van der Waals surface area contributed by atoms with E-state index >= 15 is 0 Å². The van der Waals surface area contributed by atoms with Crippen LogP contribution in [0.2, 0.25) is 5.02 Å². The Balaban J connectivity index is 0.000000209. The number of rotatable bonds is 3. The molecule has 0 spiro atoms. The van der Waals surface area contributed by atoms with Crippen molar-refractivity contribution in [3.8, 4) is 11.5 Å². The molecule has 1 aliphatic heterocycles. The summed E-state index contributed by atoms with van der Waals surface area (Å²) in [5.41, 5.74) is 4.56. The second-order valence-corrected chi connectivity index (χ2v) is 6.24. The molecule has 0 unspecified atom stereocenters. The highest BCUT2D eigenvalue weighted by Gasteiger charge is 2.12. The molecule has 0 aromatic heterocycles. The number of aldehydes is 1. The molecule has 3 rings (SSSR count).